The van der Waals surface area contributed by atoms with Crippen LogP contribution in [-0.2, 0) is 22.9 Å². The predicted molar refractivity (Wildman–Crippen MR) is 80.8 cm³/mol. The van der Waals surface area contributed by atoms with Crippen LogP contribution in [0.2, 0.25) is 0 Å². The molecule has 1 heterocycles. The van der Waals surface area contributed by atoms with Crippen LogP contribution in [-0.4, -0.2) is 13.3 Å². The van der Waals surface area contributed by atoms with E-state index in [1.54, 1.807) is 0 Å². The monoisotopic (exact) mass is 439 g/mol. The lowest BCUT2D eigenvalue weighted by atomic mass is 10.0. The van der Waals surface area contributed by atoms with Crippen LogP contribution in [0.3, 0.4) is 0 Å². The molecule has 2 aromatic rings. The number of nitrogens with one attached hydrogen (secondary N) is 1. The molecule has 14 heteroatoms. The first kappa shape index (κ1) is 21.4. The van der Waals surface area contributed by atoms with Crippen LogP contribution in [0, 0.1) is 20.4 Å². The number of aryl methyl sites for hydroxylation is 2. The quantitative estimate of drug-likeness (QED) is 0.296. The summed E-state index contributed by atoms with van der Waals surface area (Å²) in [7, 11) is -8.70. The first-order valence-corrected chi connectivity index (χ1v) is 10.9. The van der Waals surface area contributed by atoms with Gasteiger partial charge in [-0.15, -0.1) is 10.2 Å². The van der Waals surface area contributed by atoms with Crippen LogP contribution < -0.4 is 27.5 Å². The first-order chi connectivity index (χ1) is 12.5. The van der Waals surface area contributed by atoms with E-state index in [4.69, 9.17) is 18.6 Å². The number of hydrogen-bond donors (Lipinski definition) is 1. The van der Waals surface area contributed by atoms with Gasteiger partial charge in [-0.05, 0) is 41.9 Å². The molecular weight excluding hydrogens is 426 g/mol. The first-order valence-electron chi connectivity index (χ1n) is 7.38. The fraction of sp³-hybridized carbons (Fsp3) is 0.308. The highest BCUT2D eigenvalue weighted by Crippen LogP contribution is 2.23. The van der Waals surface area contributed by atoms with Crippen molar-refractivity contribution in [1.29, 1.82) is 0 Å². The molecule has 0 atom stereocenters. The molecule has 3 rings (SSSR count). The zero-order chi connectivity index (χ0) is 20.2. The van der Waals surface area contributed by atoms with Crippen molar-refractivity contribution in [2.24, 2.45) is 0 Å². The number of nitrogens with zero attached hydrogens (tertiary/aromatic N) is 2. The third-order valence-corrected chi connectivity index (χ3v) is 6.03. The highest BCUT2D eigenvalue weighted by Gasteiger charge is 2.25. The number of fused-ring (bicyclic) bond motifs is 1. The summed E-state index contributed by atoms with van der Waals surface area (Å²) in [6.07, 6.45) is 6.01. The molecule has 0 unspecified atom stereocenters. The average Bonchev–Trinajstić information content (AvgIpc) is 2.94. The Morgan fingerprint density at radius 2 is 1.63 bits per heavy atom. The molecule has 0 spiro atoms. The van der Waals surface area contributed by atoms with Gasteiger partial charge >= 0.3 is 10.0 Å². The van der Waals surface area contributed by atoms with E-state index in [-0.39, 0.29) is 10.6 Å². The summed E-state index contributed by atoms with van der Waals surface area (Å²) in [5.41, 5.74) is 1.04. The summed E-state index contributed by atoms with van der Waals surface area (Å²) >= 11 is 1.38. The Hall–Kier alpha value is -1.87. The number of nitro groups is 1. The lowest BCUT2D eigenvalue weighted by Gasteiger charge is -2.17. The van der Waals surface area contributed by atoms with E-state index < -0.39 is 25.2 Å². The van der Waals surface area contributed by atoms with Crippen LogP contribution in [0.4, 0.5) is 5.69 Å². The van der Waals surface area contributed by atoms with Crippen molar-refractivity contribution in [1.82, 2.24) is 0 Å². The van der Waals surface area contributed by atoms with Gasteiger partial charge in [-0.2, -0.15) is 8.42 Å². The van der Waals surface area contributed by atoms with Crippen LogP contribution in [0.25, 0.3) is 0 Å². The standard InChI is InChI=1S/C13H14N3O4S2.ClHO4/c17-16(18)11-5-7-12(8-6-11)22(19,20)14-15-9-10-3-1-2-4-13(10)21-15;2-1(3,4)5/h5-9,14H,1-4H2;(H,2,3,4,5)/q+1;/p-1. The third-order valence-electron chi connectivity index (χ3n) is 3.51. The second-order valence-corrected chi connectivity index (χ2v) is 8.91. The van der Waals surface area contributed by atoms with Crippen molar-refractivity contribution in [2.75, 3.05) is 4.83 Å². The largest absolute Gasteiger partial charge is 0.307 e. The second kappa shape index (κ2) is 8.43. The van der Waals surface area contributed by atoms with Gasteiger partial charge in [-0.3, -0.25) is 10.1 Å². The molecule has 0 amide bonds. The minimum atomic E-state index is -4.94. The van der Waals surface area contributed by atoms with Crippen molar-refractivity contribution in [3.05, 3.63) is 51.0 Å². The summed E-state index contributed by atoms with van der Waals surface area (Å²) in [6, 6.07) is 4.82. The summed E-state index contributed by atoms with van der Waals surface area (Å²) in [5, 5.41) is 10.6. The maximum atomic E-state index is 12.3. The number of non-ortho nitro benzene ring substituents is 1. The summed E-state index contributed by atoms with van der Waals surface area (Å²) in [5.74, 6) is 0. The normalized spacial score (nSPS) is 13.9. The minimum absolute atomic E-state index is 0.00280. The summed E-state index contributed by atoms with van der Waals surface area (Å²) in [4.78, 5) is 13.7. The maximum absolute atomic E-state index is 12.3. The van der Waals surface area contributed by atoms with E-state index in [2.05, 4.69) is 4.83 Å². The van der Waals surface area contributed by atoms with Gasteiger partial charge in [-0.1, -0.05) is 4.83 Å². The molecule has 1 aromatic carbocycles. The molecule has 1 N–H and O–H groups in total. The topological polar surface area (TPSA) is 185 Å². The molecule has 0 fully saturated rings. The average molecular weight is 440 g/mol. The summed E-state index contributed by atoms with van der Waals surface area (Å²) in [6.45, 7) is 0. The van der Waals surface area contributed by atoms with Gasteiger partial charge in [0.15, 0.2) is 11.5 Å². The summed E-state index contributed by atoms with van der Waals surface area (Å²) < 4.78 is 60.1. The maximum Gasteiger partial charge on any atom is 0.307 e. The Morgan fingerprint density at radius 1 is 1.07 bits per heavy atom. The molecule has 0 bridgehead atoms. The van der Waals surface area contributed by atoms with Gasteiger partial charge in [0.05, 0.1) is 14.7 Å². The molecular formula is C13H14ClN3O8S2. The van der Waals surface area contributed by atoms with Crippen LogP contribution in [0.5, 0.6) is 0 Å². The van der Waals surface area contributed by atoms with Crippen molar-refractivity contribution in [3.8, 4) is 0 Å². The van der Waals surface area contributed by atoms with Gasteiger partial charge in [0.25, 0.3) is 5.69 Å². The smallest absolute Gasteiger partial charge is 0.258 e. The van der Waals surface area contributed by atoms with E-state index in [1.807, 2.05) is 6.20 Å². The number of nitro benzene ring substituents is 1. The molecule has 1 aliphatic carbocycles. The van der Waals surface area contributed by atoms with Crippen LogP contribution in [0.15, 0.2) is 35.4 Å². The number of halogens is 1. The fourth-order valence-corrected chi connectivity index (χ4v) is 4.65. The van der Waals surface area contributed by atoms with E-state index in [1.165, 1.54) is 50.3 Å². The van der Waals surface area contributed by atoms with Gasteiger partial charge in [0.2, 0.25) is 6.20 Å². The minimum Gasteiger partial charge on any atom is -0.258 e. The Balaban J connectivity index is 0.000000465. The number of aromatic nitrogens is 1. The highest BCUT2D eigenvalue weighted by molar-refractivity contribution is 7.92. The zero-order valence-electron chi connectivity index (χ0n) is 13.6. The predicted octanol–water partition coefficient (Wildman–Crippen LogP) is -3.00. The highest BCUT2D eigenvalue weighted by atomic mass is 35.7. The van der Waals surface area contributed by atoms with Crippen LogP contribution >= 0.6 is 11.5 Å². The number of hydrogen-bond acceptors (Lipinski definition) is 9. The second-order valence-electron chi connectivity index (χ2n) is 5.43. The Morgan fingerprint density at radius 3 is 2.15 bits per heavy atom. The van der Waals surface area contributed by atoms with E-state index >= 15 is 0 Å². The van der Waals surface area contributed by atoms with Gasteiger partial charge in [0.1, 0.15) is 0 Å². The van der Waals surface area contributed by atoms with Gasteiger partial charge < -0.3 is 0 Å². The molecule has 11 nitrogen and oxygen atoms in total. The van der Waals surface area contributed by atoms with Gasteiger partial charge in [0, 0.05) is 17.7 Å². The molecule has 0 saturated carbocycles. The van der Waals surface area contributed by atoms with E-state index in [0.717, 1.165) is 25.7 Å². The Bertz CT molecular complexity index is 879. The fourth-order valence-electron chi connectivity index (χ4n) is 2.39. The molecule has 0 saturated heterocycles. The number of sulfonamides is 1. The van der Waals surface area contributed by atoms with Crippen LogP contribution in [0.1, 0.15) is 23.3 Å². The van der Waals surface area contributed by atoms with Crippen molar-refractivity contribution in [3.63, 3.8) is 0 Å². The molecule has 0 aliphatic heterocycles. The van der Waals surface area contributed by atoms with Crippen molar-refractivity contribution >= 4 is 27.2 Å². The molecule has 148 valence electrons. The zero-order valence-corrected chi connectivity index (χ0v) is 16.0. The molecule has 1 aromatic heterocycles. The SMILES string of the molecule is O=[N+]([O-])c1ccc(S(=O)(=O)N[n+]2cc3c(s2)CCCC3)cc1.[O-][Cl+3]([O-])([O-])[O-]. The van der Waals surface area contributed by atoms with Gasteiger partial charge in [-0.25, -0.2) is 18.6 Å². The third kappa shape index (κ3) is 6.66. The van der Waals surface area contributed by atoms with E-state index in [9.17, 15) is 18.5 Å². The van der Waals surface area contributed by atoms with E-state index in [0.29, 0.717) is 0 Å². The number of benzene rings is 1. The lowest BCUT2D eigenvalue weighted by Crippen LogP contribution is -2.68. The van der Waals surface area contributed by atoms with Crippen molar-refractivity contribution < 1.29 is 46.3 Å². The Kier molecular flexibility index (Phi) is 6.69. The number of rotatable bonds is 4. The molecule has 1 aliphatic rings. The van der Waals surface area contributed by atoms with Crippen molar-refractivity contribution in [2.45, 2.75) is 30.6 Å². The Labute approximate surface area is 160 Å². The lowest BCUT2D eigenvalue weighted by molar-refractivity contribution is -2.00. The molecule has 0 radical (unpaired) electrons. The molecule has 27 heavy (non-hydrogen) atoms.